The zero-order valence-corrected chi connectivity index (χ0v) is 9.24. The van der Waals surface area contributed by atoms with Gasteiger partial charge in [0.2, 0.25) is 0 Å². The van der Waals surface area contributed by atoms with Crippen molar-refractivity contribution >= 4 is 18.8 Å². The van der Waals surface area contributed by atoms with Crippen LogP contribution in [0.25, 0.3) is 0 Å². The lowest BCUT2D eigenvalue weighted by atomic mass is 10.7. The summed E-state index contributed by atoms with van der Waals surface area (Å²) >= 11 is 0. The van der Waals surface area contributed by atoms with Crippen LogP contribution in [-0.4, -0.2) is 16.3 Å². The molecule has 0 aliphatic carbocycles. The Bertz CT molecular complexity index is 337. The van der Waals surface area contributed by atoms with Gasteiger partial charge in [-0.2, -0.15) is 0 Å². The summed E-state index contributed by atoms with van der Waals surface area (Å²) in [5, 5.41) is 0. The van der Waals surface area contributed by atoms with Crippen molar-refractivity contribution in [3.63, 3.8) is 0 Å². The highest BCUT2D eigenvalue weighted by Gasteiger charge is 2.42. The van der Waals surface area contributed by atoms with E-state index in [0.29, 0.717) is 0 Å². The molecule has 0 aromatic rings. The number of carbonyl (C=O) groups is 2. The van der Waals surface area contributed by atoms with Gasteiger partial charge in [0.1, 0.15) is 0 Å². The van der Waals surface area contributed by atoms with E-state index < -0.39 is 18.8 Å². The summed E-state index contributed by atoms with van der Waals surface area (Å²) in [4.78, 5) is 31.0. The smallest absolute Gasteiger partial charge is 0.411 e. The Kier molecular flexibility index (Phi) is 4.45. The van der Waals surface area contributed by atoms with Crippen LogP contribution in [0.1, 0.15) is 13.8 Å². The molecule has 0 aromatic carbocycles. The normalized spacial score (nSPS) is 10.3. The van der Waals surface area contributed by atoms with E-state index in [1.807, 2.05) is 0 Å². The minimum atomic E-state index is -4.83. The maximum absolute atomic E-state index is 11.2. The lowest BCUT2D eigenvalue weighted by Crippen LogP contribution is -2.10. The molecule has 1 N–H and O–H groups in total. The van der Waals surface area contributed by atoms with Gasteiger partial charge >= 0.3 is 18.8 Å². The molecule has 0 aromatic heterocycles. The first-order valence-corrected chi connectivity index (χ1v) is 5.42. The molecule has 0 aliphatic heterocycles. The second-order valence-electron chi connectivity index (χ2n) is 2.72. The lowest BCUT2D eigenvalue weighted by molar-refractivity contribution is 0.188. The molecule has 0 unspecified atom stereocenters. The maximum atomic E-state index is 11.2. The minimum Gasteiger partial charge on any atom is -0.424 e. The summed E-state index contributed by atoms with van der Waals surface area (Å²) in [5.74, 6) is -0.199. The number of hydrogen-bond acceptors (Lipinski definition) is 5. The van der Waals surface area contributed by atoms with Gasteiger partial charge in [-0.1, -0.05) is 13.2 Å². The number of hydrogen-bond donors (Lipinski definition) is 1. The van der Waals surface area contributed by atoms with Crippen molar-refractivity contribution in [1.29, 1.82) is 0 Å². The number of allylic oxidation sites excluding steroid dienone is 2. The van der Waals surface area contributed by atoms with E-state index >= 15 is 0 Å². The summed E-state index contributed by atoms with van der Waals surface area (Å²) in [6, 6.07) is 0. The topological polar surface area (TPSA) is 89.9 Å². The first kappa shape index (κ1) is 13.6. The van der Waals surface area contributed by atoms with Gasteiger partial charge in [-0.3, -0.25) is 4.57 Å². The van der Waals surface area contributed by atoms with Crippen LogP contribution in [0.15, 0.2) is 24.7 Å². The van der Waals surface area contributed by atoms with Gasteiger partial charge in [-0.15, -0.1) is 0 Å². The third-order valence-corrected chi connectivity index (χ3v) is 2.19. The van der Waals surface area contributed by atoms with Crippen LogP contribution >= 0.6 is 7.37 Å². The van der Waals surface area contributed by atoms with Gasteiger partial charge in [0.15, 0.2) is 0 Å². The monoisotopic (exact) mass is 234 g/mol. The van der Waals surface area contributed by atoms with E-state index in [1.54, 1.807) is 0 Å². The highest BCUT2D eigenvalue weighted by Crippen LogP contribution is 2.45. The van der Waals surface area contributed by atoms with E-state index in [2.05, 4.69) is 22.6 Å². The van der Waals surface area contributed by atoms with Gasteiger partial charge in [0.25, 0.3) is 0 Å². The first-order chi connectivity index (χ1) is 6.67. The van der Waals surface area contributed by atoms with Crippen molar-refractivity contribution in [2.45, 2.75) is 13.8 Å². The van der Waals surface area contributed by atoms with Crippen molar-refractivity contribution in [1.82, 2.24) is 0 Å². The van der Waals surface area contributed by atoms with Crippen LogP contribution < -0.4 is 0 Å². The molecular weight excluding hydrogens is 223 g/mol. The highest BCUT2D eigenvalue weighted by molar-refractivity contribution is 7.88. The Morgan fingerprint density at radius 3 is 1.53 bits per heavy atom. The van der Waals surface area contributed by atoms with Gasteiger partial charge in [0, 0.05) is 0 Å². The predicted octanol–water partition coefficient (Wildman–Crippen LogP) is 2.60. The zero-order chi connectivity index (χ0) is 12.2. The average Bonchev–Trinajstić information content (AvgIpc) is 2.01. The summed E-state index contributed by atoms with van der Waals surface area (Å²) in [5.41, 5.74) is -3.16. The Balaban J connectivity index is 4.74. The fourth-order valence-electron chi connectivity index (χ4n) is 0.496. The van der Waals surface area contributed by atoms with Crippen LogP contribution in [0.3, 0.4) is 0 Å². The summed E-state index contributed by atoms with van der Waals surface area (Å²) < 4.78 is 19.7. The van der Waals surface area contributed by atoms with E-state index in [1.165, 1.54) is 13.8 Å². The standard InChI is InChI=1S/C8H11O6P/c1-5(2)13-7(9)15(11,12)8(10)14-6(3)4/h1,3H2,2,4H3,(H,11,12). The molecule has 84 valence electrons. The molecule has 0 rings (SSSR count). The Hall–Kier alpha value is -1.39. The number of ether oxygens (including phenoxy) is 2. The van der Waals surface area contributed by atoms with Gasteiger partial charge in [0.05, 0.1) is 11.5 Å². The van der Waals surface area contributed by atoms with E-state index in [0.717, 1.165) is 0 Å². The highest BCUT2D eigenvalue weighted by atomic mass is 31.2. The average molecular weight is 234 g/mol. The van der Waals surface area contributed by atoms with Crippen molar-refractivity contribution in [3.05, 3.63) is 24.7 Å². The van der Waals surface area contributed by atoms with Crippen molar-refractivity contribution in [3.8, 4) is 0 Å². The Labute approximate surface area is 86.6 Å². The zero-order valence-electron chi connectivity index (χ0n) is 8.35. The van der Waals surface area contributed by atoms with E-state index in [-0.39, 0.29) is 11.5 Å². The third-order valence-electron chi connectivity index (χ3n) is 1.02. The summed E-state index contributed by atoms with van der Waals surface area (Å²) in [6.45, 7) is 8.96. The number of carbonyl (C=O) groups excluding carboxylic acids is 2. The molecule has 0 aliphatic rings. The molecular formula is C8H11O6P. The summed E-state index contributed by atoms with van der Waals surface area (Å²) in [7, 11) is -4.83. The molecule has 0 atom stereocenters. The van der Waals surface area contributed by atoms with E-state index in [9.17, 15) is 14.2 Å². The Morgan fingerprint density at radius 2 is 1.33 bits per heavy atom. The predicted molar refractivity (Wildman–Crippen MR) is 52.4 cm³/mol. The fraction of sp³-hybridized carbons (Fsp3) is 0.250. The van der Waals surface area contributed by atoms with Gasteiger partial charge in [-0.05, 0) is 13.8 Å². The maximum Gasteiger partial charge on any atom is 0.411 e. The lowest BCUT2D eigenvalue weighted by Gasteiger charge is -2.09. The Morgan fingerprint density at radius 1 is 1.07 bits per heavy atom. The molecule has 0 saturated carbocycles. The molecule has 0 bridgehead atoms. The summed E-state index contributed by atoms with van der Waals surface area (Å²) in [6.07, 6.45) is 0. The SMILES string of the molecule is C=C(C)OC(=O)P(=O)(O)C(=O)OC(=C)C. The molecule has 7 heteroatoms. The molecule has 6 nitrogen and oxygen atoms in total. The van der Waals surface area contributed by atoms with Crippen molar-refractivity contribution in [2.24, 2.45) is 0 Å². The van der Waals surface area contributed by atoms with Crippen molar-refractivity contribution in [2.75, 3.05) is 0 Å². The van der Waals surface area contributed by atoms with Crippen molar-refractivity contribution < 1.29 is 28.5 Å². The quantitative estimate of drug-likeness (QED) is 0.593. The molecule has 0 amide bonds. The molecule has 0 spiro atoms. The number of rotatable bonds is 4. The third kappa shape index (κ3) is 4.10. The molecule has 15 heavy (non-hydrogen) atoms. The second kappa shape index (κ2) is 4.91. The van der Waals surface area contributed by atoms with Gasteiger partial charge in [-0.25, -0.2) is 9.59 Å². The minimum absolute atomic E-state index is 0.0996. The molecule has 0 saturated heterocycles. The second-order valence-corrected chi connectivity index (χ2v) is 4.60. The first-order valence-electron chi connectivity index (χ1n) is 3.76. The van der Waals surface area contributed by atoms with E-state index in [4.69, 9.17) is 4.89 Å². The molecule has 0 fully saturated rings. The van der Waals surface area contributed by atoms with Gasteiger partial charge < -0.3 is 14.4 Å². The van der Waals surface area contributed by atoms with Crippen LogP contribution in [0.2, 0.25) is 0 Å². The van der Waals surface area contributed by atoms with Crippen LogP contribution in [0, 0.1) is 0 Å². The fourth-order valence-corrected chi connectivity index (χ4v) is 1.20. The van der Waals surface area contributed by atoms with Crippen LogP contribution in [0.5, 0.6) is 0 Å². The molecule has 0 radical (unpaired) electrons. The largest absolute Gasteiger partial charge is 0.424 e. The van der Waals surface area contributed by atoms with Crippen LogP contribution in [0.4, 0.5) is 9.59 Å². The molecule has 0 heterocycles. The van der Waals surface area contributed by atoms with Crippen LogP contribution in [-0.2, 0) is 14.0 Å².